The highest BCUT2D eigenvalue weighted by Crippen LogP contribution is 2.34. The highest BCUT2D eigenvalue weighted by Gasteiger charge is 2.55. The smallest absolute Gasteiger partial charge is 0.323 e. The molecule has 2 aromatic rings. The summed E-state index contributed by atoms with van der Waals surface area (Å²) in [5.74, 6) is -3.82. The zero-order valence-electron chi connectivity index (χ0n) is 16.6. The fourth-order valence-electron chi connectivity index (χ4n) is 3.94. The van der Waals surface area contributed by atoms with Gasteiger partial charge in [-0.2, -0.15) is 0 Å². The van der Waals surface area contributed by atoms with Crippen LogP contribution in [0, 0.1) is 11.8 Å². The molecule has 29 heavy (non-hydrogen) atoms. The van der Waals surface area contributed by atoms with Crippen LogP contribution in [-0.2, 0) is 23.9 Å². The molecule has 1 aliphatic heterocycles. The molecule has 152 valence electrons. The first kappa shape index (κ1) is 20.7. The molecule has 0 aliphatic carbocycles. The molecule has 1 heterocycles. The summed E-state index contributed by atoms with van der Waals surface area (Å²) >= 11 is 0. The first-order valence-corrected chi connectivity index (χ1v) is 9.90. The number of piperidine rings is 1. The molecule has 6 nitrogen and oxygen atoms in total. The maximum Gasteiger partial charge on any atom is 0.323 e. The van der Waals surface area contributed by atoms with Gasteiger partial charge in [0, 0.05) is 11.1 Å². The predicted molar refractivity (Wildman–Crippen MR) is 106 cm³/mol. The number of hydrogen-bond donors (Lipinski definition) is 1. The topological polar surface area (TPSA) is 86.3 Å². The van der Waals surface area contributed by atoms with E-state index in [0.717, 1.165) is 11.1 Å². The lowest BCUT2D eigenvalue weighted by molar-refractivity contribution is -0.745. The van der Waals surface area contributed by atoms with Crippen LogP contribution < -0.4 is 5.32 Å². The number of Topliss-reactive ketones (excluding diaryl/α,β-unsaturated/α-hetero) is 1. The number of hydrogen-bond acceptors (Lipinski definition) is 5. The van der Waals surface area contributed by atoms with E-state index in [1.807, 2.05) is 66.0 Å². The minimum absolute atomic E-state index is 0.163. The standard InChI is InChI=1S/C23H25NO5/c1-3-28-22(26)17-19(15-11-7-5-8-12-15)24-20(16-13-9-6-10-14-16)18(21(17)25)23(27)29-4-2/h5-14,17-20,24H,3-4H2,1-2H3/p+1/t17-,18-,19+,20+/m0/s1. The first-order chi connectivity index (χ1) is 14.1. The van der Waals surface area contributed by atoms with E-state index in [9.17, 15) is 14.4 Å². The Morgan fingerprint density at radius 1 is 0.759 bits per heavy atom. The lowest BCUT2D eigenvalue weighted by atomic mass is 9.74. The number of rotatable bonds is 6. The minimum Gasteiger partial charge on any atom is -0.465 e. The summed E-state index contributed by atoms with van der Waals surface area (Å²) in [7, 11) is 0. The van der Waals surface area contributed by atoms with Gasteiger partial charge in [0.2, 0.25) is 0 Å². The number of esters is 2. The number of carbonyl (C=O) groups is 3. The summed E-state index contributed by atoms with van der Waals surface area (Å²) in [6, 6.07) is 17.8. The van der Waals surface area contributed by atoms with Gasteiger partial charge in [-0.25, -0.2) is 0 Å². The van der Waals surface area contributed by atoms with Crippen molar-refractivity contribution in [2.24, 2.45) is 11.8 Å². The molecule has 0 amide bonds. The van der Waals surface area contributed by atoms with Crippen molar-refractivity contribution in [3.63, 3.8) is 0 Å². The number of carbonyl (C=O) groups excluding carboxylic acids is 3. The third-order valence-electron chi connectivity index (χ3n) is 5.20. The van der Waals surface area contributed by atoms with Crippen LogP contribution in [0.2, 0.25) is 0 Å². The second-order valence-electron chi connectivity index (χ2n) is 6.93. The predicted octanol–water partition coefficient (Wildman–Crippen LogP) is 1.97. The molecule has 2 N–H and O–H groups in total. The van der Waals surface area contributed by atoms with E-state index in [0.29, 0.717) is 0 Å². The normalized spacial score (nSPS) is 24.0. The Morgan fingerprint density at radius 2 is 1.14 bits per heavy atom. The molecule has 0 aromatic heterocycles. The Hall–Kier alpha value is -2.99. The van der Waals surface area contributed by atoms with Gasteiger partial charge in [-0.3, -0.25) is 14.4 Å². The van der Waals surface area contributed by atoms with E-state index in [1.165, 1.54) is 0 Å². The van der Waals surface area contributed by atoms with Crippen molar-refractivity contribution in [2.75, 3.05) is 13.2 Å². The second-order valence-corrected chi connectivity index (χ2v) is 6.93. The minimum atomic E-state index is -1.08. The van der Waals surface area contributed by atoms with Gasteiger partial charge in [-0.05, 0) is 13.8 Å². The third-order valence-corrected chi connectivity index (χ3v) is 5.20. The van der Waals surface area contributed by atoms with Gasteiger partial charge >= 0.3 is 11.9 Å². The molecule has 1 fully saturated rings. The van der Waals surface area contributed by atoms with E-state index in [1.54, 1.807) is 13.8 Å². The zero-order chi connectivity index (χ0) is 20.8. The summed E-state index contributed by atoms with van der Waals surface area (Å²) in [5, 5.41) is 1.93. The van der Waals surface area contributed by atoms with Crippen molar-refractivity contribution >= 4 is 17.7 Å². The largest absolute Gasteiger partial charge is 0.465 e. The van der Waals surface area contributed by atoms with Gasteiger partial charge < -0.3 is 14.8 Å². The Balaban J connectivity index is 2.08. The van der Waals surface area contributed by atoms with Crippen molar-refractivity contribution in [3.8, 4) is 0 Å². The highest BCUT2D eigenvalue weighted by molar-refractivity contribution is 6.09. The number of nitrogens with two attached hydrogens (primary N) is 1. The molecule has 2 aromatic carbocycles. The van der Waals surface area contributed by atoms with E-state index >= 15 is 0 Å². The average Bonchev–Trinajstić information content (AvgIpc) is 2.74. The van der Waals surface area contributed by atoms with Crippen molar-refractivity contribution in [1.29, 1.82) is 0 Å². The average molecular weight is 396 g/mol. The van der Waals surface area contributed by atoms with Crippen LogP contribution in [0.25, 0.3) is 0 Å². The monoisotopic (exact) mass is 396 g/mol. The molecule has 6 heteroatoms. The number of ketones is 1. The number of benzene rings is 2. The van der Waals surface area contributed by atoms with Crippen molar-refractivity contribution in [3.05, 3.63) is 71.8 Å². The van der Waals surface area contributed by atoms with Crippen LogP contribution in [-0.4, -0.2) is 30.9 Å². The lowest BCUT2D eigenvalue weighted by Crippen LogP contribution is -2.93. The van der Waals surface area contributed by atoms with Crippen molar-refractivity contribution in [2.45, 2.75) is 25.9 Å². The van der Waals surface area contributed by atoms with Crippen LogP contribution in [0.15, 0.2) is 60.7 Å². The van der Waals surface area contributed by atoms with Gasteiger partial charge in [-0.1, -0.05) is 60.7 Å². The van der Waals surface area contributed by atoms with Crippen LogP contribution in [0.3, 0.4) is 0 Å². The molecular formula is C23H26NO5+. The molecule has 0 bridgehead atoms. The molecule has 4 atom stereocenters. The molecule has 0 radical (unpaired) electrons. The van der Waals surface area contributed by atoms with Crippen LogP contribution in [0.5, 0.6) is 0 Å². The molecule has 3 rings (SSSR count). The van der Waals surface area contributed by atoms with Crippen molar-refractivity contribution < 1.29 is 29.2 Å². The van der Waals surface area contributed by atoms with E-state index in [2.05, 4.69) is 0 Å². The molecule has 1 saturated heterocycles. The van der Waals surface area contributed by atoms with Crippen LogP contribution in [0.4, 0.5) is 0 Å². The molecule has 0 saturated carbocycles. The fraction of sp³-hybridized carbons (Fsp3) is 0.348. The van der Waals surface area contributed by atoms with Gasteiger partial charge in [0.25, 0.3) is 0 Å². The Morgan fingerprint density at radius 3 is 1.48 bits per heavy atom. The van der Waals surface area contributed by atoms with Gasteiger partial charge in [0.1, 0.15) is 12.1 Å². The number of ether oxygens (including phenoxy) is 2. The summed E-state index contributed by atoms with van der Waals surface area (Å²) in [6.07, 6.45) is 0. The van der Waals surface area contributed by atoms with Gasteiger partial charge in [0.15, 0.2) is 17.6 Å². The maximum atomic E-state index is 13.5. The van der Waals surface area contributed by atoms with E-state index in [-0.39, 0.29) is 13.2 Å². The highest BCUT2D eigenvalue weighted by atomic mass is 16.5. The first-order valence-electron chi connectivity index (χ1n) is 9.90. The second kappa shape index (κ2) is 9.47. The van der Waals surface area contributed by atoms with Crippen LogP contribution >= 0.6 is 0 Å². The Kier molecular flexibility index (Phi) is 6.77. The SMILES string of the molecule is CCOC(=O)[C@@H]1C(=O)[C@@H](C(=O)OCC)[C@@H](c2ccccc2)[NH2+][C@@H]1c1ccccc1. The fourth-order valence-corrected chi connectivity index (χ4v) is 3.94. The quantitative estimate of drug-likeness (QED) is 0.596. The number of quaternary nitrogens is 1. The summed E-state index contributed by atoms with van der Waals surface area (Å²) in [6.45, 7) is 3.72. The van der Waals surface area contributed by atoms with Crippen molar-refractivity contribution in [1.82, 2.24) is 0 Å². The Labute approximate surface area is 170 Å². The van der Waals surface area contributed by atoms with Gasteiger partial charge in [0.05, 0.1) is 13.2 Å². The van der Waals surface area contributed by atoms with Crippen LogP contribution in [0.1, 0.15) is 37.1 Å². The third kappa shape index (κ3) is 4.38. The molecular weight excluding hydrogens is 370 g/mol. The zero-order valence-corrected chi connectivity index (χ0v) is 16.6. The summed E-state index contributed by atoms with van der Waals surface area (Å²) in [5.41, 5.74) is 1.67. The molecule has 0 spiro atoms. The maximum absolute atomic E-state index is 13.5. The summed E-state index contributed by atoms with van der Waals surface area (Å²) in [4.78, 5) is 39.0. The van der Waals surface area contributed by atoms with Gasteiger partial charge in [-0.15, -0.1) is 0 Å². The Bertz CT molecular complexity index is 783. The lowest BCUT2D eigenvalue weighted by Gasteiger charge is -2.36. The van der Waals surface area contributed by atoms with E-state index < -0.39 is 41.6 Å². The molecule has 1 aliphatic rings. The van der Waals surface area contributed by atoms with E-state index in [4.69, 9.17) is 9.47 Å². The molecule has 0 unspecified atom stereocenters. The summed E-state index contributed by atoms with van der Waals surface area (Å²) < 4.78 is 10.4.